The third kappa shape index (κ3) is 3.67. The smallest absolute Gasteiger partial charge is 0.396 e. The van der Waals surface area contributed by atoms with E-state index in [-0.39, 0.29) is 5.89 Å². The molecule has 6 nitrogen and oxygen atoms in total. The van der Waals surface area contributed by atoms with Crippen molar-refractivity contribution in [1.82, 2.24) is 10.2 Å². The molecule has 1 heterocycles. The van der Waals surface area contributed by atoms with Crippen LogP contribution < -0.4 is 0 Å². The second-order valence-electron chi connectivity index (χ2n) is 2.79. The highest BCUT2D eigenvalue weighted by molar-refractivity contribution is 5.83. The Kier molecular flexibility index (Phi) is 4.76. The molecule has 0 saturated heterocycles. The van der Waals surface area contributed by atoms with Crippen LogP contribution in [0.1, 0.15) is 29.9 Å². The Bertz CT molecular complexity index is 311. The normalized spacial score (nSPS) is 10.3. The summed E-state index contributed by atoms with van der Waals surface area (Å²) in [7, 11) is 1.27. The summed E-state index contributed by atoms with van der Waals surface area (Å²) in [4.78, 5) is 11.0. The van der Waals surface area contributed by atoms with Gasteiger partial charge in [-0.15, -0.1) is 10.2 Å². The molecule has 0 unspecified atom stereocenters. The van der Waals surface area contributed by atoms with Gasteiger partial charge in [0, 0.05) is 19.6 Å². The number of hydrogen-bond acceptors (Lipinski definition) is 6. The maximum Gasteiger partial charge on any atom is 0.396 e. The molecule has 0 spiro atoms. The van der Waals surface area contributed by atoms with Crippen LogP contribution in [0.5, 0.6) is 0 Å². The summed E-state index contributed by atoms with van der Waals surface area (Å²) >= 11 is 0. The quantitative estimate of drug-likeness (QED) is 0.515. The van der Waals surface area contributed by atoms with Crippen molar-refractivity contribution in [2.24, 2.45) is 0 Å². The molecule has 84 valence electrons. The van der Waals surface area contributed by atoms with E-state index in [1.54, 1.807) is 0 Å². The summed E-state index contributed by atoms with van der Waals surface area (Å²) in [5.41, 5.74) is 0. The van der Waals surface area contributed by atoms with Crippen LogP contribution in [0.2, 0.25) is 0 Å². The number of aryl methyl sites for hydroxylation is 1. The first-order valence-electron chi connectivity index (χ1n) is 4.76. The van der Waals surface area contributed by atoms with Crippen LogP contribution in [0, 0.1) is 0 Å². The predicted molar refractivity (Wildman–Crippen MR) is 50.5 cm³/mol. The minimum Gasteiger partial charge on any atom is -0.462 e. The fourth-order valence-corrected chi connectivity index (χ4v) is 0.994. The van der Waals surface area contributed by atoms with Crippen LogP contribution in [0.25, 0.3) is 0 Å². The lowest BCUT2D eigenvalue weighted by Crippen LogP contribution is -2.00. The van der Waals surface area contributed by atoms with Gasteiger partial charge in [0.05, 0.1) is 7.11 Å². The van der Waals surface area contributed by atoms with E-state index in [9.17, 15) is 4.79 Å². The Morgan fingerprint density at radius 3 is 2.93 bits per heavy atom. The molecule has 0 radical (unpaired) electrons. The highest BCUT2D eigenvalue weighted by atomic mass is 16.5. The molecule has 0 aliphatic carbocycles. The SMILES string of the molecule is CCOCCCc1nnc(C(=O)OC)o1. The number of esters is 1. The molecule has 0 aliphatic heterocycles. The zero-order valence-electron chi connectivity index (χ0n) is 8.86. The van der Waals surface area contributed by atoms with Crippen molar-refractivity contribution >= 4 is 5.97 Å². The number of nitrogens with zero attached hydrogens (tertiary/aromatic N) is 2. The van der Waals surface area contributed by atoms with E-state index < -0.39 is 5.97 Å². The van der Waals surface area contributed by atoms with Gasteiger partial charge >= 0.3 is 11.9 Å². The van der Waals surface area contributed by atoms with Gasteiger partial charge in [-0.3, -0.25) is 0 Å². The van der Waals surface area contributed by atoms with Crippen LogP contribution in [0.4, 0.5) is 0 Å². The summed E-state index contributed by atoms with van der Waals surface area (Å²) in [5, 5.41) is 7.26. The monoisotopic (exact) mass is 214 g/mol. The van der Waals surface area contributed by atoms with Crippen LogP contribution in [-0.4, -0.2) is 36.5 Å². The molecular weight excluding hydrogens is 200 g/mol. The van der Waals surface area contributed by atoms with E-state index in [0.29, 0.717) is 25.5 Å². The Morgan fingerprint density at radius 2 is 2.27 bits per heavy atom. The van der Waals surface area contributed by atoms with Crippen LogP contribution >= 0.6 is 0 Å². The van der Waals surface area contributed by atoms with E-state index in [1.165, 1.54) is 7.11 Å². The zero-order valence-corrected chi connectivity index (χ0v) is 8.86. The highest BCUT2D eigenvalue weighted by Gasteiger charge is 2.14. The van der Waals surface area contributed by atoms with Gasteiger partial charge in [0.15, 0.2) is 0 Å². The number of carbonyl (C=O) groups is 1. The maximum atomic E-state index is 11.0. The fourth-order valence-electron chi connectivity index (χ4n) is 0.994. The number of ether oxygens (including phenoxy) is 2. The molecule has 0 amide bonds. The summed E-state index contributed by atoms with van der Waals surface area (Å²) in [5.74, 6) is -0.294. The Balaban J connectivity index is 2.36. The van der Waals surface area contributed by atoms with Crippen molar-refractivity contribution < 1.29 is 18.7 Å². The molecule has 0 N–H and O–H groups in total. The summed E-state index contributed by atoms with van der Waals surface area (Å²) in [6, 6.07) is 0. The first-order chi connectivity index (χ1) is 7.27. The van der Waals surface area contributed by atoms with E-state index in [1.807, 2.05) is 6.92 Å². The average molecular weight is 214 g/mol. The second-order valence-corrected chi connectivity index (χ2v) is 2.79. The van der Waals surface area contributed by atoms with Gasteiger partial charge in [-0.25, -0.2) is 4.79 Å². The summed E-state index contributed by atoms with van der Waals surface area (Å²) < 4.78 is 14.6. The molecular formula is C9H14N2O4. The Hall–Kier alpha value is -1.43. The minimum absolute atomic E-state index is 0.107. The second kappa shape index (κ2) is 6.13. The summed E-state index contributed by atoms with van der Waals surface area (Å²) in [6.45, 7) is 3.27. The zero-order chi connectivity index (χ0) is 11.1. The van der Waals surface area contributed by atoms with Gasteiger partial charge in [0.25, 0.3) is 0 Å². The largest absolute Gasteiger partial charge is 0.462 e. The van der Waals surface area contributed by atoms with Gasteiger partial charge in [0.1, 0.15) is 0 Å². The molecule has 0 aromatic carbocycles. The van der Waals surface area contributed by atoms with E-state index in [2.05, 4.69) is 14.9 Å². The average Bonchev–Trinajstić information content (AvgIpc) is 2.72. The first kappa shape index (κ1) is 11.6. The topological polar surface area (TPSA) is 74.5 Å². The van der Waals surface area contributed by atoms with E-state index in [0.717, 1.165) is 6.42 Å². The highest BCUT2D eigenvalue weighted by Crippen LogP contribution is 2.03. The molecule has 6 heteroatoms. The molecule has 0 saturated carbocycles. The van der Waals surface area contributed by atoms with Crippen molar-refractivity contribution in [1.29, 1.82) is 0 Å². The lowest BCUT2D eigenvalue weighted by Gasteiger charge is -1.97. The first-order valence-corrected chi connectivity index (χ1v) is 4.76. The van der Waals surface area contributed by atoms with Crippen molar-refractivity contribution in [3.8, 4) is 0 Å². The van der Waals surface area contributed by atoms with E-state index in [4.69, 9.17) is 9.15 Å². The Labute approximate surface area is 87.6 Å². The van der Waals surface area contributed by atoms with Crippen molar-refractivity contribution in [3.63, 3.8) is 0 Å². The van der Waals surface area contributed by atoms with Crippen LogP contribution in [0.3, 0.4) is 0 Å². The standard InChI is InChI=1S/C9H14N2O4/c1-3-14-6-4-5-7-10-11-8(15-7)9(12)13-2/h3-6H2,1-2H3. The molecule has 15 heavy (non-hydrogen) atoms. The molecule has 1 rings (SSSR count). The fraction of sp³-hybridized carbons (Fsp3) is 0.667. The molecule has 0 atom stereocenters. The molecule has 0 fully saturated rings. The number of hydrogen-bond donors (Lipinski definition) is 0. The van der Waals surface area contributed by atoms with Crippen molar-refractivity contribution in [3.05, 3.63) is 11.8 Å². The van der Waals surface area contributed by atoms with Crippen molar-refractivity contribution in [2.75, 3.05) is 20.3 Å². The third-order valence-electron chi connectivity index (χ3n) is 1.71. The number of methoxy groups -OCH3 is 1. The number of rotatable bonds is 6. The molecule has 1 aromatic rings. The van der Waals surface area contributed by atoms with Gasteiger partial charge in [0.2, 0.25) is 5.89 Å². The van der Waals surface area contributed by atoms with Crippen LogP contribution in [0.15, 0.2) is 4.42 Å². The molecule has 0 bridgehead atoms. The molecule has 1 aromatic heterocycles. The van der Waals surface area contributed by atoms with Gasteiger partial charge < -0.3 is 13.9 Å². The van der Waals surface area contributed by atoms with E-state index >= 15 is 0 Å². The minimum atomic E-state index is -0.612. The number of carbonyl (C=O) groups excluding carboxylic acids is 1. The predicted octanol–water partition coefficient (Wildman–Crippen LogP) is 0.825. The Morgan fingerprint density at radius 1 is 1.47 bits per heavy atom. The molecule has 0 aliphatic rings. The van der Waals surface area contributed by atoms with Gasteiger partial charge in [-0.05, 0) is 13.3 Å². The maximum absolute atomic E-state index is 11.0. The third-order valence-corrected chi connectivity index (χ3v) is 1.71. The van der Waals surface area contributed by atoms with Crippen molar-refractivity contribution in [2.45, 2.75) is 19.8 Å². The lowest BCUT2D eigenvalue weighted by atomic mass is 10.3. The summed E-state index contributed by atoms with van der Waals surface area (Å²) in [6.07, 6.45) is 1.39. The lowest BCUT2D eigenvalue weighted by molar-refractivity contribution is 0.0553. The van der Waals surface area contributed by atoms with Gasteiger partial charge in [-0.1, -0.05) is 0 Å². The van der Waals surface area contributed by atoms with Gasteiger partial charge in [-0.2, -0.15) is 0 Å². The van der Waals surface area contributed by atoms with Crippen LogP contribution in [-0.2, 0) is 15.9 Å². The number of aromatic nitrogens is 2.